The molecule has 0 saturated carbocycles. The molecule has 0 spiro atoms. The molecule has 2 heterocycles. The van der Waals surface area contributed by atoms with Gasteiger partial charge >= 0.3 is 5.63 Å². The van der Waals surface area contributed by atoms with Crippen molar-refractivity contribution in [1.82, 2.24) is 4.57 Å². The van der Waals surface area contributed by atoms with Gasteiger partial charge in [-0.1, -0.05) is 36.4 Å². The normalized spacial score (nSPS) is 11.6. The molecule has 0 unspecified atom stereocenters. The predicted octanol–water partition coefficient (Wildman–Crippen LogP) is 4.18. The van der Waals surface area contributed by atoms with Gasteiger partial charge in [-0.2, -0.15) is 0 Å². The lowest BCUT2D eigenvalue weighted by molar-refractivity contribution is 0.104. The Morgan fingerprint density at radius 2 is 1.84 bits per heavy atom. The van der Waals surface area contributed by atoms with Crippen molar-refractivity contribution >= 4 is 33.7 Å². The third-order valence-electron chi connectivity index (χ3n) is 4.25. The Hall–Kier alpha value is -3.40. The second-order valence-corrected chi connectivity index (χ2v) is 5.90. The van der Waals surface area contributed by atoms with E-state index in [0.29, 0.717) is 5.58 Å². The minimum absolute atomic E-state index is 0.0372. The molecule has 0 atom stereocenters. The molecule has 0 bridgehead atoms. The number of ketones is 1. The third-order valence-corrected chi connectivity index (χ3v) is 4.25. The molecule has 2 aromatic carbocycles. The Balaban J connectivity index is 1.73. The molecule has 0 radical (unpaired) electrons. The van der Waals surface area contributed by atoms with Crippen molar-refractivity contribution in [3.05, 3.63) is 88.4 Å². The largest absolute Gasteiger partial charge is 0.422 e. The Morgan fingerprint density at radius 3 is 2.72 bits per heavy atom. The minimum Gasteiger partial charge on any atom is -0.422 e. The quantitative estimate of drug-likeness (QED) is 0.322. The fourth-order valence-corrected chi connectivity index (χ4v) is 2.99. The van der Waals surface area contributed by atoms with Gasteiger partial charge in [0.05, 0.1) is 0 Å². The maximum Gasteiger partial charge on any atom is 0.347 e. The molecule has 0 fully saturated rings. The summed E-state index contributed by atoms with van der Waals surface area (Å²) >= 11 is 0. The van der Waals surface area contributed by atoms with Gasteiger partial charge in [-0.3, -0.25) is 4.79 Å². The summed E-state index contributed by atoms with van der Waals surface area (Å²) < 4.78 is 7.23. The predicted molar refractivity (Wildman–Crippen MR) is 98.8 cm³/mol. The zero-order chi connectivity index (χ0) is 17.4. The van der Waals surface area contributed by atoms with Crippen LogP contribution in [0.2, 0.25) is 0 Å². The summed E-state index contributed by atoms with van der Waals surface area (Å²) in [6.07, 6.45) is 5.11. The first-order valence-corrected chi connectivity index (χ1v) is 7.93. The van der Waals surface area contributed by atoms with Gasteiger partial charge in [0.15, 0.2) is 5.78 Å². The van der Waals surface area contributed by atoms with Crippen molar-refractivity contribution in [2.45, 2.75) is 0 Å². The van der Waals surface area contributed by atoms with Gasteiger partial charge in [0.25, 0.3) is 0 Å². The molecular weight excluding hydrogens is 314 g/mol. The maximum atomic E-state index is 12.5. The van der Waals surface area contributed by atoms with Crippen molar-refractivity contribution in [2.75, 3.05) is 0 Å². The van der Waals surface area contributed by atoms with Crippen LogP contribution < -0.4 is 5.63 Å². The lowest BCUT2D eigenvalue weighted by Gasteiger charge is -1.98. The second-order valence-electron chi connectivity index (χ2n) is 5.90. The number of allylic oxidation sites excluding steroid dienone is 1. The van der Waals surface area contributed by atoms with Crippen LogP contribution in [0.4, 0.5) is 0 Å². The number of para-hydroxylation sites is 2. The number of aryl methyl sites for hydroxylation is 1. The standard InChI is InChI=1S/C21H15NO3/c1-22-13-15(16-7-3-4-8-18(16)22)10-11-19(23)17-12-14-6-2-5-9-20(14)25-21(17)24/h2-13H,1H3/b11-10+. The summed E-state index contributed by atoms with van der Waals surface area (Å²) in [5.41, 5.74) is 1.90. The Bertz CT molecular complexity index is 1190. The summed E-state index contributed by atoms with van der Waals surface area (Å²) in [4.78, 5) is 24.5. The molecule has 4 rings (SSSR count). The molecule has 4 nitrogen and oxygen atoms in total. The van der Waals surface area contributed by atoms with Crippen molar-refractivity contribution in [2.24, 2.45) is 7.05 Å². The average molecular weight is 329 g/mol. The fourth-order valence-electron chi connectivity index (χ4n) is 2.99. The van der Waals surface area contributed by atoms with Crippen molar-refractivity contribution in [1.29, 1.82) is 0 Å². The number of hydrogen-bond acceptors (Lipinski definition) is 3. The topological polar surface area (TPSA) is 52.2 Å². The fraction of sp³-hybridized carbons (Fsp3) is 0.0476. The molecule has 0 aliphatic rings. The Kier molecular flexibility index (Phi) is 3.58. The summed E-state index contributed by atoms with van der Waals surface area (Å²) in [7, 11) is 1.96. The summed E-state index contributed by atoms with van der Waals surface area (Å²) in [6.45, 7) is 0. The zero-order valence-electron chi connectivity index (χ0n) is 13.6. The van der Waals surface area contributed by atoms with E-state index in [1.807, 2.05) is 54.2 Å². The minimum atomic E-state index is -0.619. The lowest BCUT2D eigenvalue weighted by atomic mass is 10.1. The number of nitrogens with zero attached hydrogens (tertiary/aromatic N) is 1. The van der Waals surface area contributed by atoms with Gasteiger partial charge in [-0.05, 0) is 30.4 Å². The zero-order valence-corrected chi connectivity index (χ0v) is 13.6. The summed E-state index contributed by atoms with van der Waals surface area (Å²) in [5, 5.41) is 1.78. The number of aromatic nitrogens is 1. The number of rotatable bonds is 3. The molecule has 0 saturated heterocycles. The molecule has 0 N–H and O–H groups in total. The molecule has 0 aliphatic carbocycles. The first-order valence-electron chi connectivity index (χ1n) is 7.93. The first kappa shape index (κ1) is 15.1. The van der Waals surface area contributed by atoms with Crippen LogP contribution in [0.1, 0.15) is 15.9 Å². The van der Waals surface area contributed by atoms with E-state index >= 15 is 0 Å². The van der Waals surface area contributed by atoms with E-state index in [0.717, 1.165) is 21.9 Å². The van der Waals surface area contributed by atoms with Crippen LogP contribution >= 0.6 is 0 Å². The van der Waals surface area contributed by atoms with Gasteiger partial charge in [0.1, 0.15) is 11.1 Å². The number of carbonyl (C=O) groups excluding carboxylic acids is 1. The summed E-state index contributed by atoms with van der Waals surface area (Å²) in [5.74, 6) is -0.368. The number of fused-ring (bicyclic) bond motifs is 2. The van der Waals surface area contributed by atoms with Crippen LogP contribution in [0.15, 0.2) is 76.1 Å². The van der Waals surface area contributed by atoms with Crippen molar-refractivity contribution < 1.29 is 9.21 Å². The Morgan fingerprint density at radius 1 is 1.08 bits per heavy atom. The van der Waals surface area contributed by atoms with Gasteiger partial charge in [-0.15, -0.1) is 0 Å². The Labute approximate surface area is 143 Å². The van der Waals surface area contributed by atoms with Crippen LogP contribution in [0.25, 0.3) is 27.9 Å². The highest BCUT2D eigenvalue weighted by atomic mass is 16.4. The maximum absolute atomic E-state index is 12.5. The van der Waals surface area contributed by atoms with E-state index in [1.54, 1.807) is 24.3 Å². The number of hydrogen-bond donors (Lipinski definition) is 0. The van der Waals surface area contributed by atoms with E-state index in [2.05, 4.69) is 0 Å². The van der Waals surface area contributed by atoms with Gasteiger partial charge in [0, 0.05) is 35.1 Å². The highest BCUT2D eigenvalue weighted by molar-refractivity contribution is 6.08. The van der Waals surface area contributed by atoms with E-state index in [4.69, 9.17) is 4.42 Å². The molecule has 2 aromatic heterocycles. The highest BCUT2D eigenvalue weighted by Gasteiger charge is 2.11. The number of carbonyl (C=O) groups is 1. The van der Waals surface area contributed by atoms with Crippen LogP contribution in [-0.4, -0.2) is 10.4 Å². The van der Waals surface area contributed by atoms with Crippen molar-refractivity contribution in [3.63, 3.8) is 0 Å². The molecule has 122 valence electrons. The smallest absolute Gasteiger partial charge is 0.347 e. The van der Waals surface area contributed by atoms with E-state index in [-0.39, 0.29) is 11.3 Å². The van der Waals surface area contributed by atoms with Gasteiger partial charge in [0.2, 0.25) is 0 Å². The molecular formula is C21H15NO3. The van der Waals surface area contributed by atoms with Crippen LogP contribution in [0.3, 0.4) is 0 Å². The van der Waals surface area contributed by atoms with E-state index in [9.17, 15) is 9.59 Å². The van der Waals surface area contributed by atoms with Crippen LogP contribution in [0, 0.1) is 0 Å². The van der Waals surface area contributed by atoms with Gasteiger partial charge in [-0.25, -0.2) is 4.79 Å². The highest BCUT2D eigenvalue weighted by Crippen LogP contribution is 2.21. The van der Waals surface area contributed by atoms with Crippen molar-refractivity contribution in [3.8, 4) is 0 Å². The van der Waals surface area contributed by atoms with Crippen LogP contribution in [0.5, 0.6) is 0 Å². The lowest BCUT2D eigenvalue weighted by Crippen LogP contribution is -2.11. The average Bonchev–Trinajstić information content (AvgIpc) is 2.95. The SMILES string of the molecule is Cn1cc(/C=C/C(=O)c2cc3ccccc3oc2=O)c2ccccc21. The molecule has 4 aromatic rings. The molecule has 4 heteroatoms. The number of benzene rings is 2. The first-order chi connectivity index (χ1) is 12.1. The molecule has 25 heavy (non-hydrogen) atoms. The second kappa shape index (κ2) is 5.91. The van der Waals surface area contributed by atoms with E-state index in [1.165, 1.54) is 6.08 Å². The summed E-state index contributed by atoms with van der Waals surface area (Å²) in [6, 6.07) is 16.7. The van der Waals surface area contributed by atoms with Crippen LogP contribution in [-0.2, 0) is 7.05 Å². The molecule has 0 aliphatic heterocycles. The van der Waals surface area contributed by atoms with Gasteiger partial charge < -0.3 is 8.98 Å². The third kappa shape index (κ3) is 2.68. The van der Waals surface area contributed by atoms with E-state index < -0.39 is 5.63 Å². The monoisotopic (exact) mass is 329 g/mol. The molecule has 0 amide bonds.